The lowest BCUT2D eigenvalue weighted by molar-refractivity contribution is 0.462. The number of phenolic OH excluding ortho intramolecular Hbond substituents is 1. The third kappa shape index (κ3) is 3.93. The van der Waals surface area contributed by atoms with Crippen LogP contribution in [0.2, 0.25) is 0 Å². The van der Waals surface area contributed by atoms with Crippen LogP contribution < -0.4 is 5.32 Å². The molecule has 1 aliphatic heterocycles. The average molecular weight is 462 g/mol. The van der Waals surface area contributed by atoms with Crippen LogP contribution >= 0.6 is 44.3 Å². The normalized spacial score (nSPS) is 16.6. The van der Waals surface area contributed by atoms with Crippen LogP contribution in [0.25, 0.3) is 0 Å². The SMILES string of the molecule is Cc1cc2c(cc1O)CCNC2Cc1cc(Br)c(C)c(Br)c1.Cl. The van der Waals surface area contributed by atoms with E-state index in [0.717, 1.165) is 33.9 Å². The van der Waals surface area contributed by atoms with Crippen LogP contribution in [0.15, 0.2) is 33.2 Å². The minimum atomic E-state index is 0. The van der Waals surface area contributed by atoms with Crippen molar-refractivity contribution in [1.29, 1.82) is 0 Å². The maximum Gasteiger partial charge on any atom is 0.118 e. The van der Waals surface area contributed by atoms with Crippen LogP contribution in [-0.2, 0) is 12.8 Å². The Balaban J connectivity index is 0.00000192. The van der Waals surface area contributed by atoms with Crippen molar-refractivity contribution in [2.24, 2.45) is 0 Å². The summed E-state index contributed by atoms with van der Waals surface area (Å²) in [4.78, 5) is 0. The topological polar surface area (TPSA) is 32.3 Å². The van der Waals surface area contributed by atoms with Gasteiger partial charge in [0.1, 0.15) is 5.75 Å². The van der Waals surface area contributed by atoms with Gasteiger partial charge in [0, 0.05) is 15.0 Å². The summed E-state index contributed by atoms with van der Waals surface area (Å²) in [6, 6.07) is 8.75. The molecule has 1 unspecified atom stereocenters. The van der Waals surface area contributed by atoms with E-state index >= 15 is 0 Å². The van der Waals surface area contributed by atoms with Gasteiger partial charge in [0.15, 0.2) is 0 Å². The van der Waals surface area contributed by atoms with E-state index in [1.807, 2.05) is 13.0 Å². The smallest absolute Gasteiger partial charge is 0.118 e. The van der Waals surface area contributed by atoms with Gasteiger partial charge in [0.2, 0.25) is 0 Å². The molecule has 2 aromatic carbocycles. The van der Waals surface area contributed by atoms with E-state index in [0.29, 0.717) is 11.8 Å². The fourth-order valence-electron chi connectivity index (χ4n) is 3.03. The van der Waals surface area contributed by atoms with Gasteiger partial charge >= 0.3 is 0 Å². The Hall–Kier alpha value is -0.550. The fourth-order valence-corrected chi connectivity index (χ4v) is 4.31. The molecule has 0 amide bonds. The summed E-state index contributed by atoms with van der Waals surface area (Å²) in [5, 5.41) is 13.5. The van der Waals surface area contributed by atoms with E-state index in [4.69, 9.17) is 0 Å². The van der Waals surface area contributed by atoms with Gasteiger partial charge in [-0.1, -0.05) is 37.9 Å². The predicted octanol–water partition coefficient (Wildman–Crippen LogP) is 5.39. The predicted molar refractivity (Wildman–Crippen MR) is 105 cm³/mol. The molecule has 0 aromatic heterocycles. The van der Waals surface area contributed by atoms with E-state index in [9.17, 15) is 5.11 Å². The van der Waals surface area contributed by atoms with Crippen molar-refractivity contribution in [1.82, 2.24) is 5.32 Å². The highest BCUT2D eigenvalue weighted by Gasteiger charge is 2.21. The van der Waals surface area contributed by atoms with Crippen LogP contribution in [0.1, 0.15) is 33.9 Å². The van der Waals surface area contributed by atoms with E-state index in [1.54, 1.807) is 0 Å². The maximum absolute atomic E-state index is 9.92. The van der Waals surface area contributed by atoms with Gasteiger partial charge in [0.25, 0.3) is 0 Å². The third-order valence-corrected chi connectivity index (χ3v) is 6.05. The van der Waals surface area contributed by atoms with Gasteiger partial charge in [-0.3, -0.25) is 0 Å². The van der Waals surface area contributed by atoms with Crippen molar-refractivity contribution in [3.8, 4) is 5.75 Å². The summed E-state index contributed by atoms with van der Waals surface area (Å²) in [5.74, 6) is 0.403. The van der Waals surface area contributed by atoms with Crippen molar-refractivity contribution in [2.75, 3.05) is 6.54 Å². The first-order valence-corrected chi connectivity index (χ1v) is 9.04. The van der Waals surface area contributed by atoms with E-state index < -0.39 is 0 Å². The molecule has 2 N–H and O–H groups in total. The zero-order valence-corrected chi connectivity index (χ0v) is 17.1. The highest BCUT2D eigenvalue weighted by atomic mass is 79.9. The molecule has 5 heteroatoms. The van der Waals surface area contributed by atoms with E-state index in [1.165, 1.54) is 22.3 Å². The minimum absolute atomic E-state index is 0. The minimum Gasteiger partial charge on any atom is -0.508 e. The molecule has 1 atom stereocenters. The number of nitrogens with one attached hydrogen (secondary N) is 1. The number of rotatable bonds is 2. The van der Waals surface area contributed by atoms with Gasteiger partial charge in [-0.05, 0) is 79.3 Å². The van der Waals surface area contributed by atoms with Crippen LogP contribution in [0.5, 0.6) is 5.75 Å². The second-order valence-corrected chi connectivity index (χ2v) is 7.69. The Kier molecular flexibility index (Phi) is 6.17. The van der Waals surface area contributed by atoms with Gasteiger partial charge < -0.3 is 10.4 Å². The Labute approximate surface area is 160 Å². The fraction of sp³-hybridized carbons (Fsp3) is 0.333. The third-order valence-electron chi connectivity index (χ3n) is 4.40. The molecule has 23 heavy (non-hydrogen) atoms. The monoisotopic (exact) mass is 459 g/mol. The molecule has 0 saturated heterocycles. The van der Waals surface area contributed by atoms with Crippen LogP contribution in [0.3, 0.4) is 0 Å². The summed E-state index contributed by atoms with van der Waals surface area (Å²) >= 11 is 7.26. The first-order chi connectivity index (χ1) is 10.5. The van der Waals surface area contributed by atoms with E-state index in [-0.39, 0.29) is 12.4 Å². The van der Waals surface area contributed by atoms with E-state index in [2.05, 4.69) is 62.3 Å². The number of aromatic hydroxyl groups is 1. The molecule has 2 nitrogen and oxygen atoms in total. The van der Waals surface area contributed by atoms with Gasteiger partial charge in [-0.25, -0.2) is 0 Å². The second-order valence-electron chi connectivity index (χ2n) is 5.98. The number of hydrogen-bond acceptors (Lipinski definition) is 2. The number of phenols is 1. The molecule has 0 fully saturated rings. The summed E-state index contributed by atoms with van der Waals surface area (Å²) in [5.41, 5.74) is 6.03. The summed E-state index contributed by atoms with van der Waals surface area (Å²) < 4.78 is 2.27. The molecule has 3 rings (SSSR count). The highest BCUT2D eigenvalue weighted by molar-refractivity contribution is 9.11. The molecule has 0 aliphatic carbocycles. The number of benzene rings is 2. The second kappa shape index (κ2) is 7.56. The Bertz CT molecular complexity index is 710. The molecule has 2 aromatic rings. The van der Waals surface area contributed by atoms with Gasteiger partial charge in [-0.15, -0.1) is 12.4 Å². The quantitative estimate of drug-likeness (QED) is 0.629. The zero-order chi connectivity index (χ0) is 15.9. The Morgan fingerprint density at radius 1 is 1.13 bits per heavy atom. The lowest BCUT2D eigenvalue weighted by Crippen LogP contribution is -2.31. The Morgan fingerprint density at radius 3 is 2.43 bits per heavy atom. The van der Waals surface area contributed by atoms with Gasteiger partial charge in [-0.2, -0.15) is 0 Å². The molecular weight excluding hydrogens is 441 g/mol. The summed E-state index contributed by atoms with van der Waals surface area (Å²) in [7, 11) is 0. The standard InChI is InChI=1S/C18H19Br2NO.ClH/c1-10-5-14-13(9-18(10)22)3-4-21-17(14)8-12-6-15(19)11(2)16(20)7-12;/h5-7,9,17,21-22H,3-4,8H2,1-2H3;1H. The maximum atomic E-state index is 9.92. The summed E-state index contributed by atoms with van der Waals surface area (Å²) in [6.07, 6.45) is 1.91. The Morgan fingerprint density at radius 2 is 1.78 bits per heavy atom. The molecule has 0 radical (unpaired) electrons. The van der Waals surface area contributed by atoms with Crippen LogP contribution in [0, 0.1) is 13.8 Å². The number of aryl methyl sites for hydroxylation is 1. The van der Waals surface area contributed by atoms with Crippen molar-refractivity contribution in [3.63, 3.8) is 0 Å². The highest BCUT2D eigenvalue weighted by Crippen LogP contribution is 2.33. The number of fused-ring (bicyclic) bond motifs is 1. The lowest BCUT2D eigenvalue weighted by atomic mass is 9.88. The van der Waals surface area contributed by atoms with Crippen LogP contribution in [0.4, 0.5) is 0 Å². The van der Waals surface area contributed by atoms with Crippen molar-refractivity contribution in [3.05, 3.63) is 61.0 Å². The first kappa shape index (κ1) is 18.8. The molecule has 0 spiro atoms. The molecule has 0 bridgehead atoms. The molecule has 1 aliphatic rings. The number of hydrogen-bond donors (Lipinski definition) is 2. The molecule has 124 valence electrons. The average Bonchev–Trinajstić information content (AvgIpc) is 2.47. The van der Waals surface area contributed by atoms with Crippen molar-refractivity contribution in [2.45, 2.75) is 32.7 Å². The molecule has 0 saturated carbocycles. The first-order valence-electron chi connectivity index (χ1n) is 7.46. The molecule has 1 heterocycles. The van der Waals surface area contributed by atoms with Crippen molar-refractivity contribution < 1.29 is 5.11 Å². The zero-order valence-electron chi connectivity index (χ0n) is 13.1. The lowest BCUT2D eigenvalue weighted by Gasteiger charge is -2.28. The van der Waals surface area contributed by atoms with Crippen molar-refractivity contribution >= 4 is 44.3 Å². The number of halogens is 3. The molecular formula is C18H20Br2ClNO. The largest absolute Gasteiger partial charge is 0.508 e. The van der Waals surface area contributed by atoms with Crippen LogP contribution in [-0.4, -0.2) is 11.7 Å². The van der Waals surface area contributed by atoms with Gasteiger partial charge in [0.05, 0.1) is 0 Å². The summed E-state index contributed by atoms with van der Waals surface area (Å²) in [6.45, 7) is 5.01.